The molecule has 0 bridgehead atoms. The number of carbonyl (C=O) groups excluding carboxylic acids is 1. The van der Waals surface area contributed by atoms with Crippen LogP contribution in [-0.4, -0.2) is 28.4 Å². The van der Waals surface area contributed by atoms with Crippen LogP contribution in [0.1, 0.15) is 20.3 Å². The van der Waals surface area contributed by atoms with Gasteiger partial charge in [0.2, 0.25) is 5.91 Å². The molecule has 1 N–H and O–H groups in total. The van der Waals surface area contributed by atoms with E-state index in [0.717, 1.165) is 29.2 Å². The number of hydrogen-bond donors (Lipinski definition) is 1. The van der Waals surface area contributed by atoms with Crippen molar-refractivity contribution in [3.63, 3.8) is 0 Å². The predicted octanol–water partition coefficient (Wildman–Crippen LogP) is 3.40. The normalized spacial score (nSPS) is 10.7. The molecule has 116 valence electrons. The molecule has 0 aliphatic heterocycles. The van der Waals surface area contributed by atoms with Gasteiger partial charge in [-0.2, -0.15) is 0 Å². The number of rotatable bonds is 7. The van der Waals surface area contributed by atoms with E-state index in [1.807, 2.05) is 42.5 Å². The zero-order valence-electron chi connectivity index (χ0n) is 13.0. The summed E-state index contributed by atoms with van der Waals surface area (Å²) in [4.78, 5) is 11.7. The van der Waals surface area contributed by atoms with E-state index in [4.69, 9.17) is 0 Å². The van der Waals surface area contributed by atoms with Crippen molar-refractivity contribution in [2.45, 2.75) is 25.3 Å². The molecule has 0 aliphatic carbocycles. The average molecular weight is 315 g/mol. The van der Waals surface area contributed by atoms with Crippen LogP contribution in [0.5, 0.6) is 0 Å². The second kappa shape index (κ2) is 8.54. The number of nitrogens with zero attached hydrogens (tertiary/aromatic N) is 2. The molecule has 0 saturated heterocycles. The smallest absolute Gasteiger partial charge is 0.230 e. The fourth-order valence-corrected chi connectivity index (χ4v) is 2.49. The van der Waals surface area contributed by atoms with Crippen LogP contribution in [-0.2, 0) is 4.79 Å². The lowest BCUT2D eigenvalue weighted by molar-refractivity contribution is -0.118. The molecule has 2 rings (SSSR count). The highest BCUT2D eigenvalue weighted by molar-refractivity contribution is 7.99. The molecule has 0 radical (unpaired) electrons. The molecule has 0 fully saturated rings. The van der Waals surface area contributed by atoms with E-state index >= 15 is 0 Å². The predicted molar refractivity (Wildman–Crippen MR) is 90.7 cm³/mol. The summed E-state index contributed by atoms with van der Waals surface area (Å²) in [5.74, 6) is 1.02. The number of hydrogen-bond acceptors (Lipinski definition) is 4. The van der Waals surface area contributed by atoms with E-state index in [9.17, 15) is 4.79 Å². The Bertz CT molecular complexity index is 585. The summed E-state index contributed by atoms with van der Waals surface area (Å²) < 4.78 is 0. The van der Waals surface area contributed by atoms with Crippen molar-refractivity contribution in [2.75, 3.05) is 12.3 Å². The number of benzene rings is 1. The van der Waals surface area contributed by atoms with Crippen LogP contribution in [0.2, 0.25) is 0 Å². The van der Waals surface area contributed by atoms with Gasteiger partial charge in [-0.15, -0.1) is 10.2 Å². The van der Waals surface area contributed by atoms with Gasteiger partial charge in [0, 0.05) is 12.1 Å². The van der Waals surface area contributed by atoms with Crippen LogP contribution in [0.3, 0.4) is 0 Å². The quantitative estimate of drug-likeness (QED) is 0.796. The maximum absolute atomic E-state index is 11.7. The van der Waals surface area contributed by atoms with Crippen molar-refractivity contribution < 1.29 is 4.79 Å². The Morgan fingerprint density at radius 1 is 1.14 bits per heavy atom. The fraction of sp³-hybridized carbons (Fsp3) is 0.353. The van der Waals surface area contributed by atoms with Gasteiger partial charge in [-0.3, -0.25) is 4.79 Å². The van der Waals surface area contributed by atoms with E-state index < -0.39 is 0 Å². The molecule has 1 aromatic carbocycles. The first-order valence-corrected chi connectivity index (χ1v) is 8.42. The number of nitrogens with one attached hydrogen (secondary N) is 1. The van der Waals surface area contributed by atoms with Gasteiger partial charge in [0.15, 0.2) is 0 Å². The molecule has 1 heterocycles. The highest BCUT2D eigenvalue weighted by atomic mass is 32.2. The molecule has 0 aliphatic rings. The first kappa shape index (κ1) is 16.5. The summed E-state index contributed by atoms with van der Waals surface area (Å²) >= 11 is 1.41. The lowest BCUT2D eigenvalue weighted by Crippen LogP contribution is -2.26. The van der Waals surface area contributed by atoms with Gasteiger partial charge < -0.3 is 5.32 Å². The summed E-state index contributed by atoms with van der Waals surface area (Å²) in [6.45, 7) is 5.02. The molecule has 2 aromatic rings. The van der Waals surface area contributed by atoms with E-state index in [-0.39, 0.29) is 5.91 Å². The summed E-state index contributed by atoms with van der Waals surface area (Å²) in [7, 11) is 0. The van der Waals surface area contributed by atoms with E-state index in [0.29, 0.717) is 11.7 Å². The monoisotopic (exact) mass is 315 g/mol. The third kappa shape index (κ3) is 5.48. The van der Waals surface area contributed by atoms with Gasteiger partial charge in [0.05, 0.1) is 11.4 Å². The van der Waals surface area contributed by atoms with Gasteiger partial charge in [-0.25, -0.2) is 0 Å². The number of thioether (sulfide) groups is 1. The van der Waals surface area contributed by atoms with Crippen LogP contribution < -0.4 is 5.32 Å². The number of carbonyl (C=O) groups is 1. The summed E-state index contributed by atoms with van der Waals surface area (Å²) in [5, 5.41) is 12.1. The van der Waals surface area contributed by atoms with Crippen LogP contribution in [0.4, 0.5) is 0 Å². The molecule has 1 amide bonds. The third-order valence-corrected chi connectivity index (χ3v) is 4.02. The van der Waals surface area contributed by atoms with Crippen molar-refractivity contribution in [3.8, 4) is 11.3 Å². The zero-order valence-corrected chi connectivity index (χ0v) is 13.8. The van der Waals surface area contributed by atoms with Crippen LogP contribution in [0.25, 0.3) is 11.3 Å². The zero-order chi connectivity index (χ0) is 15.8. The number of aromatic nitrogens is 2. The number of amides is 1. The minimum Gasteiger partial charge on any atom is -0.355 e. The first-order valence-electron chi connectivity index (χ1n) is 7.44. The molecular weight excluding hydrogens is 294 g/mol. The van der Waals surface area contributed by atoms with E-state index in [1.165, 1.54) is 11.8 Å². The van der Waals surface area contributed by atoms with Gasteiger partial charge >= 0.3 is 0 Å². The fourth-order valence-electron chi connectivity index (χ4n) is 1.85. The second-order valence-corrected chi connectivity index (χ2v) is 6.44. The van der Waals surface area contributed by atoms with Crippen LogP contribution in [0, 0.1) is 5.92 Å². The highest BCUT2D eigenvalue weighted by Gasteiger charge is 2.05. The summed E-state index contributed by atoms with van der Waals surface area (Å²) in [6.07, 6.45) is 1.00. The summed E-state index contributed by atoms with van der Waals surface area (Å²) in [6, 6.07) is 13.8. The first-order chi connectivity index (χ1) is 10.6. The average Bonchev–Trinajstić information content (AvgIpc) is 2.54. The summed E-state index contributed by atoms with van der Waals surface area (Å²) in [5.41, 5.74) is 1.88. The van der Waals surface area contributed by atoms with Gasteiger partial charge in [0.25, 0.3) is 0 Å². The van der Waals surface area contributed by atoms with Crippen LogP contribution in [0.15, 0.2) is 47.5 Å². The Morgan fingerprint density at radius 3 is 2.55 bits per heavy atom. The molecule has 0 atom stereocenters. The SMILES string of the molecule is CC(C)CCNC(=O)CSc1ccc(-c2ccccc2)nn1. The minimum atomic E-state index is 0.0413. The maximum Gasteiger partial charge on any atom is 0.230 e. The van der Waals surface area contributed by atoms with Crippen LogP contribution >= 0.6 is 11.8 Å². The van der Waals surface area contributed by atoms with E-state index in [1.54, 1.807) is 0 Å². The van der Waals surface area contributed by atoms with Gasteiger partial charge in [-0.1, -0.05) is 55.9 Å². The molecule has 4 nitrogen and oxygen atoms in total. The van der Waals surface area contributed by atoms with Crippen molar-refractivity contribution in [1.29, 1.82) is 0 Å². The minimum absolute atomic E-state index is 0.0413. The standard InChI is InChI=1S/C17H21N3OS/c1-13(2)10-11-18-16(21)12-22-17-9-8-15(19-20-17)14-6-4-3-5-7-14/h3-9,13H,10-12H2,1-2H3,(H,18,21). The van der Waals surface area contributed by atoms with Crippen molar-refractivity contribution in [3.05, 3.63) is 42.5 Å². The van der Waals surface area contributed by atoms with Gasteiger partial charge in [0.1, 0.15) is 5.03 Å². The lowest BCUT2D eigenvalue weighted by atomic mass is 10.1. The van der Waals surface area contributed by atoms with E-state index in [2.05, 4.69) is 29.4 Å². The highest BCUT2D eigenvalue weighted by Crippen LogP contribution is 2.19. The third-order valence-electron chi connectivity index (χ3n) is 3.10. The topological polar surface area (TPSA) is 54.9 Å². The van der Waals surface area contributed by atoms with Crippen molar-refractivity contribution in [2.24, 2.45) is 5.92 Å². The molecular formula is C17H21N3OS. The Hall–Kier alpha value is -1.88. The largest absolute Gasteiger partial charge is 0.355 e. The molecule has 0 unspecified atom stereocenters. The molecule has 0 spiro atoms. The Balaban J connectivity index is 1.80. The Labute approximate surface area is 135 Å². The van der Waals surface area contributed by atoms with Gasteiger partial charge in [-0.05, 0) is 24.5 Å². The molecule has 0 saturated carbocycles. The molecule has 1 aromatic heterocycles. The Morgan fingerprint density at radius 2 is 1.91 bits per heavy atom. The molecule has 5 heteroatoms. The maximum atomic E-state index is 11.7. The van der Waals surface area contributed by atoms with Crippen molar-refractivity contribution in [1.82, 2.24) is 15.5 Å². The lowest BCUT2D eigenvalue weighted by Gasteiger charge is -2.06. The second-order valence-electron chi connectivity index (χ2n) is 5.44. The van der Waals surface area contributed by atoms with Crippen molar-refractivity contribution >= 4 is 17.7 Å². The molecule has 22 heavy (non-hydrogen) atoms. The Kier molecular flexibility index (Phi) is 6.40.